The van der Waals surface area contributed by atoms with Crippen LogP contribution in [0.2, 0.25) is 0 Å². The van der Waals surface area contributed by atoms with Crippen LogP contribution < -0.4 is 10.2 Å². The van der Waals surface area contributed by atoms with Crippen molar-refractivity contribution >= 4 is 34.4 Å². The van der Waals surface area contributed by atoms with E-state index in [1.165, 1.54) is 48.5 Å². The van der Waals surface area contributed by atoms with Gasteiger partial charge in [0, 0.05) is 17.8 Å². The van der Waals surface area contributed by atoms with Gasteiger partial charge < -0.3 is 5.32 Å². The molecule has 3 aromatic carbocycles. The third-order valence-electron chi connectivity index (χ3n) is 5.55. The highest BCUT2D eigenvalue weighted by Gasteiger charge is 2.40. The van der Waals surface area contributed by atoms with Gasteiger partial charge in [-0.1, -0.05) is 26.0 Å². The number of non-ortho nitro benzene ring substituents is 1. The second-order valence-corrected chi connectivity index (χ2v) is 8.06. The zero-order chi connectivity index (χ0) is 24.4. The van der Waals surface area contributed by atoms with E-state index in [2.05, 4.69) is 19.2 Å². The Balaban J connectivity index is 1.78. The van der Waals surface area contributed by atoms with Gasteiger partial charge >= 0.3 is 0 Å². The molecule has 8 heteroatoms. The summed E-state index contributed by atoms with van der Waals surface area (Å²) in [4.78, 5) is 38.4. The minimum absolute atomic E-state index is 0.0699. The molecule has 0 fully saturated rings. The van der Waals surface area contributed by atoms with Crippen LogP contribution in [0, 0.1) is 21.4 Å². The molecule has 2 amide bonds. The Labute approximate surface area is 195 Å². The number of nitro benzene ring substituents is 1. The number of imide groups is 1. The van der Waals surface area contributed by atoms with E-state index in [9.17, 15) is 19.7 Å². The van der Waals surface area contributed by atoms with E-state index < -0.39 is 16.7 Å². The highest BCUT2D eigenvalue weighted by atomic mass is 16.6. The molecule has 0 radical (unpaired) electrons. The zero-order valence-electron chi connectivity index (χ0n) is 18.5. The maximum Gasteiger partial charge on any atom is 0.282 e. The lowest BCUT2D eigenvalue weighted by Crippen LogP contribution is -2.32. The Kier molecular flexibility index (Phi) is 5.94. The first-order chi connectivity index (χ1) is 16.3. The van der Waals surface area contributed by atoms with Crippen LogP contribution in [0.4, 0.5) is 17.1 Å². The molecule has 1 N–H and O–H groups in total. The monoisotopic (exact) mass is 452 g/mol. The van der Waals surface area contributed by atoms with Gasteiger partial charge in [0.05, 0.1) is 27.8 Å². The van der Waals surface area contributed by atoms with Gasteiger partial charge in [-0.25, -0.2) is 4.90 Å². The maximum atomic E-state index is 13.4. The molecule has 4 rings (SSSR count). The standard InChI is InChI=1S/C26H20N4O4/c1-16(2)18-5-9-20(10-6-18)28-24-23(19-7-13-22(14-8-19)30(33)34)25(31)29(26(24)32)21-11-3-17(15-27)4-12-21/h3-14,16,28H,1-2H3. The van der Waals surface area contributed by atoms with E-state index in [1.807, 2.05) is 30.3 Å². The highest BCUT2D eigenvalue weighted by Crippen LogP contribution is 2.34. The van der Waals surface area contributed by atoms with Crippen LogP contribution in [0.3, 0.4) is 0 Å². The number of benzene rings is 3. The first kappa shape index (κ1) is 22.4. The maximum absolute atomic E-state index is 13.4. The quantitative estimate of drug-likeness (QED) is 0.320. The molecule has 0 atom stereocenters. The fourth-order valence-electron chi connectivity index (χ4n) is 3.68. The van der Waals surface area contributed by atoms with Gasteiger partial charge in [0.2, 0.25) is 0 Å². The molecule has 0 bridgehead atoms. The number of amides is 2. The molecule has 8 nitrogen and oxygen atoms in total. The van der Waals surface area contributed by atoms with E-state index in [0.29, 0.717) is 28.4 Å². The van der Waals surface area contributed by atoms with E-state index in [1.54, 1.807) is 0 Å². The molecule has 1 heterocycles. The van der Waals surface area contributed by atoms with Gasteiger partial charge in [-0.05, 0) is 65.6 Å². The largest absolute Gasteiger partial charge is 0.350 e. The number of hydrogen-bond acceptors (Lipinski definition) is 6. The fraction of sp³-hybridized carbons (Fsp3) is 0.115. The van der Waals surface area contributed by atoms with Gasteiger partial charge in [0.15, 0.2) is 0 Å². The molecule has 0 aromatic heterocycles. The smallest absolute Gasteiger partial charge is 0.282 e. The summed E-state index contributed by atoms with van der Waals surface area (Å²) in [6.07, 6.45) is 0. The fourth-order valence-corrected chi connectivity index (χ4v) is 3.68. The van der Waals surface area contributed by atoms with Gasteiger partial charge in [-0.2, -0.15) is 5.26 Å². The summed E-state index contributed by atoms with van der Waals surface area (Å²) in [6.45, 7) is 4.15. The average Bonchev–Trinajstić information content (AvgIpc) is 3.08. The van der Waals surface area contributed by atoms with Crippen LogP contribution in [0.5, 0.6) is 0 Å². The van der Waals surface area contributed by atoms with E-state index in [-0.39, 0.29) is 17.0 Å². The summed E-state index contributed by atoms with van der Waals surface area (Å²) in [5, 5.41) is 23.2. The number of hydrogen-bond donors (Lipinski definition) is 1. The van der Waals surface area contributed by atoms with Crippen molar-refractivity contribution in [2.45, 2.75) is 19.8 Å². The van der Waals surface area contributed by atoms with E-state index in [0.717, 1.165) is 10.5 Å². The van der Waals surface area contributed by atoms with Crippen LogP contribution in [0.25, 0.3) is 5.57 Å². The SMILES string of the molecule is CC(C)c1ccc(NC2=C(c3ccc([N+](=O)[O-])cc3)C(=O)N(c3ccc(C#N)cc3)C2=O)cc1. The highest BCUT2D eigenvalue weighted by molar-refractivity contribution is 6.46. The minimum atomic E-state index is -0.565. The van der Waals surface area contributed by atoms with Crippen molar-refractivity contribution in [2.24, 2.45) is 0 Å². The van der Waals surface area contributed by atoms with Crippen molar-refractivity contribution in [3.05, 3.63) is 105 Å². The summed E-state index contributed by atoms with van der Waals surface area (Å²) in [5.41, 5.74) is 2.91. The topological polar surface area (TPSA) is 116 Å². The molecule has 3 aromatic rings. The van der Waals surface area contributed by atoms with Crippen LogP contribution in [-0.2, 0) is 9.59 Å². The van der Waals surface area contributed by atoms with Crippen molar-refractivity contribution in [1.82, 2.24) is 0 Å². The number of nitrogens with zero attached hydrogens (tertiary/aromatic N) is 3. The van der Waals surface area contributed by atoms with E-state index in [4.69, 9.17) is 5.26 Å². The summed E-state index contributed by atoms with van der Waals surface area (Å²) >= 11 is 0. The Bertz CT molecular complexity index is 1350. The number of rotatable bonds is 6. The Morgan fingerprint density at radius 1 is 0.912 bits per heavy atom. The number of carbonyl (C=O) groups excluding carboxylic acids is 2. The molecule has 0 saturated heterocycles. The van der Waals surface area contributed by atoms with Crippen LogP contribution in [0.15, 0.2) is 78.5 Å². The number of anilines is 2. The normalized spacial score (nSPS) is 13.4. The lowest BCUT2D eigenvalue weighted by molar-refractivity contribution is -0.384. The lowest BCUT2D eigenvalue weighted by Gasteiger charge is -2.15. The van der Waals surface area contributed by atoms with Crippen LogP contribution in [0.1, 0.15) is 36.5 Å². The van der Waals surface area contributed by atoms with Gasteiger partial charge in [-0.15, -0.1) is 0 Å². The third kappa shape index (κ3) is 4.14. The van der Waals surface area contributed by atoms with Gasteiger partial charge in [-0.3, -0.25) is 19.7 Å². The predicted molar refractivity (Wildman–Crippen MR) is 128 cm³/mol. The summed E-state index contributed by atoms with van der Waals surface area (Å²) < 4.78 is 0. The van der Waals surface area contributed by atoms with Crippen molar-refractivity contribution in [3.63, 3.8) is 0 Å². The summed E-state index contributed by atoms with van der Waals surface area (Å²) in [6, 6.07) is 21.1. The van der Waals surface area contributed by atoms with Crippen LogP contribution >= 0.6 is 0 Å². The first-order valence-electron chi connectivity index (χ1n) is 10.5. The second kappa shape index (κ2) is 9.00. The third-order valence-corrected chi connectivity index (χ3v) is 5.55. The molecule has 0 unspecified atom stereocenters. The average molecular weight is 452 g/mol. The number of nitro groups is 1. The van der Waals surface area contributed by atoms with E-state index >= 15 is 0 Å². The predicted octanol–water partition coefficient (Wildman–Crippen LogP) is 4.99. The van der Waals surface area contributed by atoms with Gasteiger partial charge in [0.25, 0.3) is 17.5 Å². The Morgan fingerprint density at radius 2 is 1.53 bits per heavy atom. The molecule has 34 heavy (non-hydrogen) atoms. The number of carbonyl (C=O) groups is 2. The first-order valence-corrected chi connectivity index (χ1v) is 10.5. The molecular formula is C26H20N4O4. The van der Waals surface area contributed by atoms with Crippen LogP contribution in [-0.4, -0.2) is 16.7 Å². The van der Waals surface area contributed by atoms with Gasteiger partial charge in [0.1, 0.15) is 5.70 Å². The number of nitrogens with one attached hydrogen (secondary N) is 1. The lowest BCUT2D eigenvalue weighted by atomic mass is 10.0. The van der Waals surface area contributed by atoms with Crippen molar-refractivity contribution < 1.29 is 14.5 Å². The Hall–Kier alpha value is -4.77. The van der Waals surface area contributed by atoms with Crippen molar-refractivity contribution in [3.8, 4) is 6.07 Å². The summed E-state index contributed by atoms with van der Waals surface area (Å²) in [5.74, 6) is -0.786. The number of nitriles is 1. The molecule has 0 aliphatic carbocycles. The van der Waals surface area contributed by atoms with Crippen molar-refractivity contribution in [2.75, 3.05) is 10.2 Å². The van der Waals surface area contributed by atoms with Crippen molar-refractivity contribution in [1.29, 1.82) is 5.26 Å². The minimum Gasteiger partial charge on any atom is -0.350 e. The summed E-state index contributed by atoms with van der Waals surface area (Å²) in [7, 11) is 0. The molecule has 0 saturated carbocycles. The zero-order valence-corrected chi connectivity index (χ0v) is 18.5. The molecule has 0 spiro atoms. The molecular weight excluding hydrogens is 432 g/mol. The Morgan fingerprint density at radius 3 is 2.06 bits per heavy atom. The second-order valence-electron chi connectivity index (χ2n) is 8.06. The molecule has 168 valence electrons. The molecule has 1 aliphatic heterocycles. The molecule has 1 aliphatic rings.